The zero-order valence-electron chi connectivity index (χ0n) is 10.2. The van der Waals surface area contributed by atoms with Crippen LogP contribution in [0.1, 0.15) is 25.7 Å². The molecule has 2 aromatic rings. The Kier molecular flexibility index (Phi) is 3.41. The molecule has 0 amide bonds. The molecular weight excluding hydrogens is 248 g/mol. The van der Waals surface area contributed by atoms with Gasteiger partial charge in [0.2, 0.25) is 0 Å². The Balaban J connectivity index is 1.78. The van der Waals surface area contributed by atoms with Crippen molar-refractivity contribution in [2.75, 3.05) is 11.2 Å². The number of halogens is 1. The van der Waals surface area contributed by atoms with Gasteiger partial charge in [0.25, 0.3) is 6.01 Å². The van der Waals surface area contributed by atoms with E-state index >= 15 is 0 Å². The minimum atomic E-state index is 0.393. The highest BCUT2D eigenvalue weighted by molar-refractivity contribution is 6.18. The molecule has 4 heteroatoms. The van der Waals surface area contributed by atoms with Crippen molar-refractivity contribution >= 4 is 28.7 Å². The highest BCUT2D eigenvalue weighted by atomic mass is 35.5. The first-order valence-electron chi connectivity index (χ1n) is 6.55. The summed E-state index contributed by atoms with van der Waals surface area (Å²) in [7, 11) is 0. The molecular formula is C14H17ClN2O. The molecule has 0 spiro atoms. The van der Waals surface area contributed by atoms with E-state index in [0.29, 0.717) is 23.9 Å². The average Bonchev–Trinajstić information content (AvgIpc) is 2.81. The average molecular weight is 265 g/mol. The molecule has 1 aromatic carbocycles. The minimum absolute atomic E-state index is 0.393. The number of rotatable bonds is 3. The summed E-state index contributed by atoms with van der Waals surface area (Å²) in [6.45, 7) is 0. The van der Waals surface area contributed by atoms with Gasteiger partial charge < -0.3 is 9.73 Å². The number of fused-ring (bicyclic) bond motifs is 1. The van der Waals surface area contributed by atoms with Gasteiger partial charge in [0.15, 0.2) is 5.58 Å². The Morgan fingerprint density at radius 2 is 2.11 bits per heavy atom. The van der Waals surface area contributed by atoms with Gasteiger partial charge in [-0.05, 0) is 30.9 Å². The van der Waals surface area contributed by atoms with Crippen LogP contribution in [0.25, 0.3) is 11.1 Å². The monoisotopic (exact) mass is 264 g/mol. The van der Waals surface area contributed by atoms with Gasteiger partial charge in [0.05, 0.1) is 0 Å². The van der Waals surface area contributed by atoms with Crippen molar-refractivity contribution in [3.8, 4) is 0 Å². The number of benzene rings is 1. The van der Waals surface area contributed by atoms with E-state index in [1.165, 1.54) is 19.3 Å². The standard InChI is InChI=1S/C14H17ClN2O/c15-9-10-5-1-2-6-11(10)16-14-17-12-7-3-4-8-13(12)18-14/h3-4,7-8,10-11H,1-2,5-6,9H2,(H,16,17). The van der Waals surface area contributed by atoms with Gasteiger partial charge in [-0.25, -0.2) is 0 Å². The van der Waals surface area contributed by atoms with Crippen molar-refractivity contribution in [2.24, 2.45) is 5.92 Å². The fourth-order valence-electron chi connectivity index (χ4n) is 2.67. The fraction of sp³-hybridized carbons (Fsp3) is 0.500. The van der Waals surface area contributed by atoms with Crippen LogP contribution in [0.3, 0.4) is 0 Å². The van der Waals surface area contributed by atoms with Crippen LogP contribution in [0.4, 0.5) is 6.01 Å². The van der Waals surface area contributed by atoms with E-state index in [9.17, 15) is 0 Å². The largest absolute Gasteiger partial charge is 0.424 e. The van der Waals surface area contributed by atoms with Gasteiger partial charge in [-0.15, -0.1) is 11.6 Å². The summed E-state index contributed by atoms with van der Waals surface area (Å²) in [4.78, 5) is 4.45. The summed E-state index contributed by atoms with van der Waals surface area (Å²) >= 11 is 6.03. The molecule has 18 heavy (non-hydrogen) atoms. The van der Waals surface area contributed by atoms with Crippen LogP contribution in [0.2, 0.25) is 0 Å². The Morgan fingerprint density at radius 3 is 2.94 bits per heavy atom. The maximum absolute atomic E-state index is 6.03. The minimum Gasteiger partial charge on any atom is -0.424 e. The lowest BCUT2D eigenvalue weighted by atomic mass is 9.86. The van der Waals surface area contributed by atoms with Gasteiger partial charge >= 0.3 is 0 Å². The van der Waals surface area contributed by atoms with Crippen molar-refractivity contribution in [3.05, 3.63) is 24.3 Å². The number of nitrogens with one attached hydrogen (secondary N) is 1. The van der Waals surface area contributed by atoms with Crippen molar-refractivity contribution in [1.82, 2.24) is 4.98 Å². The number of oxazole rings is 1. The molecule has 0 aliphatic heterocycles. The van der Waals surface area contributed by atoms with E-state index in [2.05, 4.69) is 10.3 Å². The van der Waals surface area contributed by atoms with Crippen LogP contribution < -0.4 is 5.32 Å². The van der Waals surface area contributed by atoms with Crippen molar-refractivity contribution in [2.45, 2.75) is 31.7 Å². The van der Waals surface area contributed by atoms with Gasteiger partial charge in [-0.3, -0.25) is 0 Å². The number of alkyl halides is 1. The third-order valence-electron chi connectivity index (χ3n) is 3.71. The SMILES string of the molecule is ClCC1CCCCC1Nc1nc2ccccc2o1. The molecule has 1 aromatic heterocycles. The van der Waals surface area contributed by atoms with Crippen LogP contribution >= 0.6 is 11.6 Å². The van der Waals surface area contributed by atoms with Crippen LogP contribution in [0, 0.1) is 5.92 Å². The lowest BCUT2D eigenvalue weighted by Gasteiger charge is -2.30. The highest BCUT2D eigenvalue weighted by Crippen LogP contribution is 2.29. The van der Waals surface area contributed by atoms with Gasteiger partial charge in [-0.2, -0.15) is 4.98 Å². The lowest BCUT2D eigenvalue weighted by molar-refractivity contribution is 0.347. The molecule has 96 valence electrons. The van der Waals surface area contributed by atoms with Gasteiger partial charge in [0, 0.05) is 11.9 Å². The second-order valence-corrected chi connectivity index (χ2v) is 5.25. The van der Waals surface area contributed by atoms with E-state index in [4.69, 9.17) is 16.0 Å². The molecule has 2 atom stereocenters. The molecule has 1 aliphatic rings. The molecule has 0 radical (unpaired) electrons. The normalized spacial score (nSPS) is 24.3. The summed E-state index contributed by atoms with van der Waals surface area (Å²) in [6.07, 6.45) is 4.88. The van der Waals surface area contributed by atoms with Crippen LogP contribution in [-0.4, -0.2) is 16.9 Å². The first-order valence-corrected chi connectivity index (χ1v) is 7.08. The van der Waals surface area contributed by atoms with Gasteiger partial charge in [0.1, 0.15) is 5.52 Å². The van der Waals surface area contributed by atoms with Crippen LogP contribution in [0.15, 0.2) is 28.7 Å². The van der Waals surface area contributed by atoms with Crippen molar-refractivity contribution < 1.29 is 4.42 Å². The highest BCUT2D eigenvalue weighted by Gasteiger charge is 2.25. The zero-order chi connectivity index (χ0) is 12.4. The number of hydrogen-bond donors (Lipinski definition) is 1. The smallest absolute Gasteiger partial charge is 0.295 e. The summed E-state index contributed by atoms with van der Waals surface area (Å²) < 4.78 is 5.70. The molecule has 1 saturated carbocycles. The number of anilines is 1. The fourth-order valence-corrected chi connectivity index (χ4v) is 3.04. The van der Waals surface area contributed by atoms with E-state index in [0.717, 1.165) is 17.5 Å². The van der Waals surface area contributed by atoms with Crippen LogP contribution in [-0.2, 0) is 0 Å². The third kappa shape index (κ3) is 2.32. The van der Waals surface area contributed by atoms with Crippen molar-refractivity contribution in [3.63, 3.8) is 0 Å². The van der Waals surface area contributed by atoms with Gasteiger partial charge in [-0.1, -0.05) is 25.0 Å². The molecule has 1 N–H and O–H groups in total. The predicted molar refractivity (Wildman–Crippen MR) is 74.1 cm³/mol. The molecule has 3 rings (SSSR count). The number of nitrogens with zero attached hydrogens (tertiary/aromatic N) is 1. The maximum Gasteiger partial charge on any atom is 0.295 e. The van der Waals surface area contributed by atoms with E-state index in [-0.39, 0.29) is 0 Å². The first-order chi connectivity index (χ1) is 8.86. The predicted octanol–water partition coefficient (Wildman–Crippen LogP) is 4.04. The molecule has 3 nitrogen and oxygen atoms in total. The van der Waals surface area contributed by atoms with E-state index in [1.54, 1.807) is 0 Å². The van der Waals surface area contributed by atoms with Crippen molar-refractivity contribution in [1.29, 1.82) is 0 Å². The Hall–Kier alpha value is -1.22. The number of hydrogen-bond acceptors (Lipinski definition) is 3. The van der Waals surface area contributed by atoms with E-state index in [1.807, 2.05) is 24.3 Å². The number of para-hydroxylation sites is 2. The second kappa shape index (κ2) is 5.19. The molecule has 1 aliphatic carbocycles. The third-order valence-corrected chi connectivity index (χ3v) is 4.11. The molecule has 2 unspecified atom stereocenters. The summed E-state index contributed by atoms with van der Waals surface area (Å²) in [5.41, 5.74) is 1.73. The molecule has 1 heterocycles. The summed E-state index contributed by atoms with van der Waals surface area (Å²) in [5.74, 6) is 1.23. The summed E-state index contributed by atoms with van der Waals surface area (Å²) in [5, 5.41) is 3.41. The van der Waals surface area contributed by atoms with E-state index < -0.39 is 0 Å². The van der Waals surface area contributed by atoms with Crippen LogP contribution in [0.5, 0.6) is 0 Å². The molecule has 0 bridgehead atoms. The summed E-state index contributed by atoms with van der Waals surface area (Å²) in [6, 6.07) is 8.84. The zero-order valence-corrected chi connectivity index (χ0v) is 11.0. The first kappa shape index (κ1) is 11.8. The Morgan fingerprint density at radius 1 is 1.28 bits per heavy atom. The second-order valence-electron chi connectivity index (χ2n) is 4.94. The quantitative estimate of drug-likeness (QED) is 0.851. The molecule has 0 saturated heterocycles. The Labute approximate surface area is 112 Å². The lowest BCUT2D eigenvalue weighted by Crippen LogP contribution is -2.33. The maximum atomic E-state index is 6.03. The Bertz CT molecular complexity index is 492. The molecule has 1 fully saturated rings. The topological polar surface area (TPSA) is 38.1 Å². The number of aromatic nitrogens is 1.